The zero-order chi connectivity index (χ0) is 14.4. The molecule has 0 radical (unpaired) electrons. The molecule has 0 bridgehead atoms. The molecule has 1 aliphatic rings. The summed E-state index contributed by atoms with van der Waals surface area (Å²) in [5, 5.41) is 3.50. The Bertz CT molecular complexity index is 371. The average molecular weight is 276 g/mol. The third-order valence-corrected chi connectivity index (χ3v) is 4.03. The van der Waals surface area contributed by atoms with Crippen LogP contribution in [0.15, 0.2) is 24.4 Å². The summed E-state index contributed by atoms with van der Waals surface area (Å²) in [4.78, 5) is 9.42. The number of hydrogen-bond donors (Lipinski definition) is 1. The molecule has 2 rings (SSSR count). The second-order valence-electron chi connectivity index (χ2n) is 5.96. The Morgan fingerprint density at radius 1 is 1.15 bits per heavy atom. The first kappa shape index (κ1) is 15.3. The lowest BCUT2D eigenvalue weighted by Gasteiger charge is -2.38. The fraction of sp³-hybridized carbons (Fsp3) is 0.688. The lowest BCUT2D eigenvalue weighted by atomic mass is 10.1. The molecule has 0 amide bonds. The smallest absolute Gasteiger partial charge is 0.128 e. The Balaban J connectivity index is 1.73. The Hall–Kier alpha value is -1.13. The van der Waals surface area contributed by atoms with Crippen LogP contribution in [0.3, 0.4) is 0 Å². The summed E-state index contributed by atoms with van der Waals surface area (Å²) in [5.74, 6) is 1.11. The normalized spacial score (nSPS) is 18.5. The van der Waals surface area contributed by atoms with Gasteiger partial charge in [-0.2, -0.15) is 0 Å². The molecule has 2 heterocycles. The summed E-state index contributed by atoms with van der Waals surface area (Å²) < 4.78 is 0. The van der Waals surface area contributed by atoms with E-state index in [2.05, 4.69) is 53.0 Å². The Labute approximate surface area is 123 Å². The molecule has 1 saturated heterocycles. The van der Waals surface area contributed by atoms with Gasteiger partial charge in [-0.25, -0.2) is 4.98 Å². The van der Waals surface area contributed by atoms with Crippen LogP contribution in [-0.4, -0.2) is 54.7 Å². The quantitative estimate of drug-likeness (QED) is 0.861. The van der Waals surface area contributed by atoms with E-state index in [9.17, 15) is 0 Å². The molecule has 20 heavy (non-hydrogen) atoms. The zero-order valence-electron chi connectivity index (χ0n) is 13.0. The van der Waals surface area contributed by atoms with Gasteiger partial charge in [-0.1, -0.05) is 19.9 Å². The Morgan fingerprint density at radius 2 is 1.90 bits per heavy atom. The molecule has 1 N–H and O–H groups in total. The number of hydrogen-bond acceptors (Lipinski definition) is 4. The zero-order valence-corrected chi connectivity index (χ0v) is 13.0. The highest BCUT2D eigenvalue weighted by Crippen LogP contribution is 2.14. The third kappa shape index (κ3) is 4.46. The Morgan fingerprint density at radius 3 is 2.50 bits per heavy atom. The number of rotatable bonds is 6. The number of pyridine rings is 1. The standard InChI is InChI=1S/C16H28N4/c1-14(2)17-9-7-15(3)19-10-12-20(13-11-19)16-6-4-5-8-18-16/h4-6,8,14-15,17H,7,9-13H2,1-3H3. The predicted octanol–water partition coefficient (Wildman–Crippen LogP) is 1.98. The van der Waals surface area contributed by atoms with Crippen LogP contribution in [-0.2, 0) is 0 Å². The highest BCUT2D eigenvalue weighted by molar-refractivity contribution is 5.38. The largest absolute Gasteiger partial charge is 0.354 e. The van der Waals surface area contributed by atoms with Gasteiger partial charge in [0.25, 0.3) is 0 Å². The van der Waals surface area contributed by atoms with Gasteiger partial charge in [-0.15, -0.1) is 0 Å². The predicted molar refractivity (Wildman–Crippen MR) is 85.2 cm³/mol. The van der Waals surface area contributed by atoms with E-state index in [1.807, 2.05) is 12.3 Å². The monoisotopic (exact) mass is 276 g/mol. The maximum Gasteiger partial charge on any atom is 0.128 e. The fourth-order valence-electron chi connectivity index (χ4n) is 2.70. The van der Waals surface area contributed by atoms with E-state index in [-0.39, 0.29) is 0 Å². The molecule has 1 aromatic heterocycles. The summed E-state index contributed by atoms with van der Waals surface area (Å²) in [6.45, 7) is 12.3. The lowest BCUT2D eigenvalue weighted by Crippen LogP contribution is -2.50. The Kier molecular flexibility index (Phi) is 5.80. The molecule has 112 valence electrons. The van der Waals surface area contributed by atoms with Crippen molar-refractivity contribution < 1.29 is 0 Å². The second kappa shape index (κ2) is 7.60. The fourth-order valence-corrected chi connectivity index (χ4v) is 2.70. The molecule has 1 unspecified atom stereocenters. The van der Waals surface area contributed by atoms with Gasteiger partial charge in [0.2, 0.25) is 0 Å². The molecule has 1 atom stereocenters. The number of piperazine rings is 1. The summed E-state index contributed by atoms with van der Waals surface area (Å²) >= 11 is 0. The van der Waals surface area contributed by atoms with Crippen molar-refractivity contribution in [3.63, 3.8) is 0 Å². The highest BCUT2D eigenvalue weighted by atomic mass is 15.3. The van der Waals surface area contributed by atoms with Gasteiger partial charge < -0.3 is 10.2 Å². The number of nitrogens with one attached hydrogen (secondary N) is 1. The topological polar surface area (TPSA) is 31.4 Å². The number of aromatic nitrogens is 1. The molecule has 1 aliphatic heterocycles. The van der Waals surface area contributed by atoms with E-state index in [0.29, 0.717) is 12.1 Å². The first-order valence-corrected chi connectivity index (χ1v) is 7.80. The molecule has 0 saturated carbocycles. The average Bonchev–Trinajstić information content (AvgIpc) is 2.48. The van der Waals surface area contributed by atoms with Crippen LogP contribution in [0, 0.1) is 0 Å². The molecular formula is C16H28N4. The van der Waals surface area contributed by atoms with Gasteiger partial charge in [-0.05, 0) is 32.0 Å². The van der Waals surface area contributed by atoms with Gasteiger partial charge in [0.1, 0.15) is 5.82 Å². The van der Waals surface area contributed by atoms with Crippen molar-refractivity contribution in [1.29, 1.82) is 0 Å². The minimum absolute atomic E-state index is 0.586. The van der Waals surface area contributed by atoms with Crippen LogP contribution in [0.4, 0.5) is 5.82 Å². The van der Waals surface area contributed by atoms with Crippen LogP contribution in [0.5, 0.6) is 0 Å². The van der Waals surface area contributed by atoms with E-state index in [1.54, 1.807) is 0 Å². The highest BCUT2D eigenvalue weighted by Gasteiger charge is 2.21. The number of nitrogens with zero attached hydrogens (tertiary/aromatic N) is 3. The van der Waals surface area contributed by atoms with E-state index >= 15 is 0 Å². The minimum atomic E-state index is 0.586. The molecule has 0 aromatic carbocycles. The summed E-state index contributed by atoms with van der Waals surface area (Å²) in [5.41, 5.74) is 0. The summed E-state index contributed by atoms with van der Waals surface area (Å²) in [6.07, 6.45) is 3.10. The summed E-state index contributed by atoms with van der Waals surface area (Å²) in [6, 6.07) is 7.39. The molecular weight excluding hydrogens is 248 g/mol. The minimum Gasteiger partial charge on any atom is -0.354 e. The summed E-state index contributed by atoms with van der Waals surface area (Å²) in [7, 11) is 0. The molecule has 1 fully saturated rings. The molecule has 0 aliphatic carbocycles. The van der Waals surface area contributed by atoms with Crippen LogP contribution < -0.4 is 10.2 Å². The van der Waals surface area contributed by atoms with Gasteiger partial charge in [0.15, 0.2) is 0 Å². The first-order valence-electron chi connectivity index (χ1n) is 7.80. The van der Waals surface area contributed by atoms with Gasteiger partial charge in [0, 0.05) is 44.5 Å². The van der Waals surface area contributed by atoms with Crippen molar-refractivity contribution in [2.45, 2.75) is 39.3 Å². The van der Waals surface area contributed by atoms with Crippen molar-refractivity contribution >= 4 is 5.82 Å². The molecule has 4 nitrogen and oxygen atoms in total. The molecule has 1 aromatic rings. The number of anilines is 1. The third-order valence-electron chi connectivity index (χ3n) is 4.03. The first-order chi connectivity index (χ1) is 9.66. The van der Waals surface area contributed by atoms with E-state index in [1.165, 1.54) is 6.42 Å². The van der Waals surface area contributed by atoms with E-state index in [4.69, 9.17) is 0 Å². The van der Waals surface area contributed by atoms with Crippen molar-refractivity contribution in [1.82, 2.24) is 15.2 Å². The second-order valence-corrected chi connectivity index (χ2v) is 5.96. The van der Waals surface area contributed by atoms with E-state index in [0.717, 1.165) is 38.5 Å². The van der Waals surface area contributed by atoms with Crippen molar-refractivity contribution in [3.05, 3.63) is 24.4 Å². The van der Waals surface area contributed by atoms with Gasteiger partial charge >= 0.3 is 0 Å². The van der Waals surface area contributed by atoms with Crippen LogP contribution in [0.1, 0.15) is 27.2 Å². The maximum absolute atomic E-state index is 4.44. The van der Waals surface area contributed by atoms with Crippen LogP contribution in [0.25, 0.3) is 0 Å². The van der Waals surface area contributed by atoms with Crippen LogP contribution in [0.2, 0.25) is 0 Å². The van der Waals surface area contributed by atoms with Crippen molar-refractivity contribution in [3.8, 4) is 0 Å². The SMILES string of the molecule is CC(C)NCCC(C)N1CCN(c2ccccn2)CC1. The van der Waals surface area contributed by atoms with Crippen molar-refractivity contribution in [2.75, 3.05) is 37.6 Å². The van der Waals surface area contributed by atoms with E-state index < -0.39 is 0 Å². The van der Waals surface area contributed by atoms with Crippen LogP contribution >= 0.6 is 0 Å². The van der Waals surface area contributed by atoms with Gasteiger partial charge in [0.05, 0.1) is 0 Å². The maximum atomic E-state index is 4.44. The molecule has 4 heteroatoms. The van der Waals surface area contributed by atoms with Crippen molar-refractivity contribution in [2.24, 2.45) is 0 Å². The van der Waals surface area contributed by atoms with Gasteiger partial charge in [-0.3, -0.25) is 4.90 Å². The molecule has 0 spiro atoms. The lowest BCUT2D eigenvalue weighted by molar-refractivity contribution is 0.187.